The van der Waals surface area contributed by atoms with Gasteiger partial charge in [0.05, 0.1) is 7.11 Å². The lowest BCUT2D eigenvalue weighted by atomic mass is 10.1. The summed E-state index contributed by atoms with van der Waals surface area (Å²) < 4.78 is 5.10. The predicted octanol–water partition coefficient (Wildman–Crippen LogP) is 1.50. The number of amides is 1. The van der Waals surface area contributed by atoms with Gasteiger partial charge in [0.15, 0.2) is 5.69 Å². The summed E-state index contributed by atoms with van der Waals surface area (Å²) in [5.41, 5.74) is 1.44. The highest BCUT2D eigenvalue weighted by atomic mass is 16.5. The van der Waals surface area contributed by atoms with Crippen LogP contribution < -0.4 is 15.4 Å². The van der Waals surface area contributed by atoms with Gasteiger partial charge in [0.2, 0.25) is 0 Å². The van der Waals surface area contributed by atoms with Crippen LogP contribution in [0.1, 0.15) is 16.1 Å². The van der Waals surface area contributed by atoms with Crippen molar-refractivity contribution in [2.24, 2.45) is 0 Å². The number of methoxy groups -OCH3 is 1. The number of carbonyl (C=O) groups excluding carboxylic acids is 1. The lowest BCUT2D eigenvalue weighted by Crippen LogP contribution is -2.26. The molecule has 6 heteroatoms. The molecule has 2 rings (SSSR count). The minimum absolute atomic E-state index is 0.223. The van der Waals surface area contributed by atoms with Gasteiger partial charge in [0.25, 0.3) is 5.91 Å². The minimum atomic E-state index is -0.223. The summed E-state index contributed by atoms with van der Waals surface area (Å²) >= 11 is 0. The number of rotatable bonds is 6. The van der Waals surface area contributed by atoms with E-state index in [2.05, 4.69) is 20.8 Å². The Morgan fingerprint density at radius 2 is 1.90 bits per heavy atom. The molecule has 0 spiro atoms. The van der Waals surface area contributed by atoms with Crippen molar-refractivity contribution in [3.8, 4) is 5.75 Å². The standard InChI is InChI=1S/C15H18N4O2/c1-16-14-8-7-13(18-19-14)15(20)17-10-9-11-3-5-12(21-2)6-4-11/h3-8H,9-10H2,1-2H3,(H,16,19)(H,17,20). The fourth-order valence-corrected chi connectivity index (χ4v) is 1.79. The van der Waals surface area contributed by atoms with Crippen LogP contribution in [0.3, 0.4) is 0 Å². The van der Waals surface area contributed by atoms with E-state index < -0.39 is 0 Å². The maximum absolute atomic E-state index is 11.9. The summed E-state index contributed by atoms with van der Waals surface area (Å²) in [7, 11) is 3.38. The quantitative estimate of drug-likeness (QED) is 0.841. The maximum atomic E-state index is 11.9. The van der Waals surface area contributed by atoms with Gasteiger partial charge >= 0.3 is 0 Å². The average molecular weight is 286 g/mol. The van der Waals surface area contributed by atoms with Gasteiger partial charge in [-0.1, -0.05) is 12.1 Å². The normalized spacial score (nSPS) is 10.0. The van der Waals surface area contributed by atoms with Crippen LogP contribution in [0, 0.1) is 0 Å². The Morgan fingerprint density at radius 3 is 2.48 bits per heavy atom. The van der Waals surface area contributed by atoms with Crippen LogP contribution in [0.4, 0.5) is 5.82 Å². The zero-order valence-corrected chi connectivity index (χ0v) is 12.1. The smallest absolute Gasteiger partial charge is 0.271 e. The van der Waals surface area contributed by atoms with Crippen molar-refractivity contribution in [3.05, 3.63) is 47.7 Å². The summed E-state index contributed by atoms with van der Waals surface area (Å²) in [6.07, 6.45) is 0.748. The van der Waals surface area contributed by atoms with Gasteiger partial charge in [-0.05, 0) is 36.2 Å². The lowest BCUT2D eigenvalue weighted by molar-refractivity contribution is 0.0948. The molecule has 0 fully saturated rings. The molecule has 0 unspecified atom stereocenters. The van der Waals surface area contributed by atoms with Crippen LogP contribution in [0.2, 0.25) is 0 Å². The third-order valence-corrected chi connectivity index (χ3v) is 3.01. The second-order valence-electron chi connectivity index (χ2n) is 4.41. The first-order valence-electron chi connectivity index (χ1n) is 6.65. The van der Waals surface area contributed by atoms with Crippen molar-refractivity contribution < 1.29 is 9.53 Å². The summed E-state index contributed by atoms with van der Waals surface area (Å²) in [6, 6.07) is 11.1. The number of ether oxygens (including phenoxy) is 1. The summed E-state index contributed by atoms with van der Waals surface area (Å²) in [5.74, 6) is 1.23. The molecule has 2 aromatic rings. The van der Waals surface area contributed by atoms with E-state index in [1.54, 1.807) is 26.3 Å². The fraction of sp³-hybridized carbons (Fsp3) is 0.267. The van der Waals surface area contributed by atoms with Crippen molar-refractivity contribution in [1.82, 2.24) is 15.5 Å². The minimum Gasteiger partial charge on any atom is -0.497 e. The van der Waals surface area contributed by atoms with E-state index in [-0.39, 0.29) is 5.91 Å². The van der Waals surface area contributed by atoms with Crippen molar-refractivity contribution in [2.75, 3.05) is 26.0 Å². The fourth-order valence-electron chi connectivity index (χ4n) is 1.79. The molecule has 0 radical (unpaired) electrons. The van der Waals surface area contributed by atoms with Crippen LogP contribution in [-0.4, -0.2) is 36.8 Å². The van der Waals surface area contributed by atoms with Crippen LogP contribution in [-0.2, 0) is 6.42 Å². The molecule has 0 aliphatic heterocycles. The van der Waals surface area contributed by atoms with Gasteiger partial charge in [-0.3, -0.25) is 4.79 Å². The Hall–Kier alpha value is -2.63. The van der Waals surface area contributed by atoms with Crippen LogP contribution in [0.5, 0.6) is 5.75 Å². The molecular weight excluding hydrogens is 268 g/mol. The van der Waals surface area contributed by atoms with Gasteiger partial charge in [-0.15, -0.1) is 10.2 Å². The number of anilines is 1. The highest BCUT2D eigenvalue weighted by Gasteiger charge is 2.07. The molecule has 1 heterocycles. The SMILES string of the molecule is CNc1ccc(C(=O)NCCc2ccc(OC)cc2)nn1. The molecule has 0 saturated carbocycles. The van der Waals surface area contributed by atoms with Crippen LogP contribution in [0.15, 0.2) is 36.4 Å². The summed E-state index contributed by atoms with van der Waals surface area (Å²) in [6.45, 7) is 0.542. The second-order valence-corrected chi connectivity index (χ2v) is 4.41. The van der Waals surface area contributed by atoms with Crippen molar-refractivity contribution in [3.63, 3.8) is 0 Å². The highest BCUT2D eigenvalue weighted by Crippen LogP contribution is 2.11. The number of hydrogen-bond acceptors (Lipinski definition) is 5. The molecule has 1 aromatic heterocycles. The van der Waals surface area contributed by atoms with E-state index in [0.717, 1.165) is 17.7 Å². The third kappa shape index (κ3) is 4.17. The van der Waals surface area contributed by atoms with E-state index in [0.29, 0.717) is 18.1 Å². The number of benzene rings is 1. The number of carbonyl (C=O) groups is 1. The van der Waals surface area contributed by atoms with Crippen LogP contribution in [0.25, 0.3) is 0 Å². The van der Waals surface area contributed by atoms with Gasteiger partial charge in [-0.25, -0.2) is 0 Å². The zero-order valence-electron chi connectivity index (χ0n) is 12.1. The molecule has 0 saturated heterocycles. The number of hydrogen-bond donors (Lipinski definition) is 2. The van der Waals surface area contributed by atoms with Gasteiger partial charge in [0.1, 0.15) is 11.6 Å². The summed E-state index contributed by atoms with van der Waals surface area (Å²) in [4.78, 5) is 11.9. The van der Waals surface area contributed by atoms with Crippen LogP contribution >= 0.6 is 0 Å². The molecule has 110 valence electrons. The van der Waals surface area contributed by atoms with E-state index in [4.69, 9.17) is 4.74 Å². The Labute approximate surface area is 123 Å². The number of nitrogens with one attached hydrogen (secondary N) is 2. The summed E-state index contributed by atoms with van der Waals surface area (Å²) in [5, 5.41) is 13.4. The van der Waals surface area contributed by atoms with Crippen molar-refractivity contribution >= 4 is 11.7 Å². The molecule has 0 bridgehead atoms. The molecule has 0 aliphatic rings. The second kappa shape index (κ2) is 7.23. The first-order valence-corrected chi connectivity index (χ1v) is 6.65. The molecular formula is C15H18N4O2. The zero-order chi connectivity index (χ0) is 15.1. The Bertz CT molecular complexity index is 582. The number of aromatic nitrogens is 2. The van der Waals surface area contributed by atoms with Gasteiger partial charge in [0, 0.05) is 13.6 Å². The largest absolute Gasteiger partial charge is 0.497 e. The molecule has 0 aliphatic carbocycles. The maximum Gasteiger partial charge on any atom is 0.271 e. The lowest BCUT2D eigenvalue weighted by Gasteiger charge is -2.06. The first-order chi connectivity index (χ1) is 10.2. The first kappa shape index (κ1) is 14.8. The van der Waals surface area contributed by atoms with Gasteiger partial charge in [-0.2, -0.15) is 0 Å². The average Bonchev–Trinajstić information content (AvgIpc) is 2.55. The molecule has 2 N–H and O–H groups in total. The molecule has 1 aromatic carbocycles. The Balaban J connectivity index is 1.82. The van der Waals surface area contributed by atoms with E-state index in [1.165, 1.54) is 0 Å². The Morgan fingerprint density at radius 1 is 1.14 bits per heavy atom. The molecule has 0 atom stereocenters. The van der Waals surface area contributed by atoms with E-state index >= 15 is 0 Å². The van der Waals surface area contributed by atoms with Crippen molar-refractivity contribution in [2.45, 2.75) is 6.42 Å². The molecule has 21 heavy (non-hydrogen) atoms. The molecule has 6 nitrogen and oxygen atoms in total. The van der Waals surface area contributed by atoms with Crippen molar-refractivity contribution in [1.29, 1.82) is 0 Å². The van der Waals surface area contributed by atoms with Gasteiger partial charge < -0.3 is 15.4 Å². The van der Waals surface area contributed by atoms with E-state index in [9.17, 15) is 4.79 Å². The van der Waals surface area contributed by atoms with E-state index in [1.807, 2.05) is 24.3 Å². The Kier molecular flexibility index (Phi) is 5.09. The third-order valence-electron chi connectivity index (χ3n) is 3.01. The monoisotopic (exact) mass is 286 g/mol. The number of nitrogens with zero attached hydrogens (tertiary/aromatic N) is 2. The topological polar surface area (TPSA) is 76.1 Å². The highest BCUT2D eigenvalue weighted by molar-refractivity contribution is 5.92. The predicted molar refractivity (Wildman–Crippen MR) is 80.6 cm³/mol. The molecule has 1 amide bonds.